The molecule has 0 aliphatic heterocycles. The molecule has 0 radical (unpaired) electrons. The third kappa shape index (κ3) is 3.73. The van der Waals surface area contributed by atoms with Gasteiger partial charge >= 0.3 is 0 Å². The molecule has 0 saturated heterocycles. The van der Waals surface area contributed by atoms with E-state index in [-0.39, 0.29) is 11.6 Å². The first-order valence-electron chi connectivity index (χ1n) is 6.98. The van der Waals surface area contributed by atoms with Gasteiger partial charge in [0.15, 0.2) is 0 Å². The fourth-order valence-corrected chi connectivity index (χ4v) is 2.17. The van der Waals surface area contributed by atoms with Gasteiger partial charge in [-0.05, 0) is 36.8 Å². The molecule has 106 valence electrons. The van der Waals surface area contributed by atoms with Crippen LogP contribution in [0.3, 0.4) is 0 Å². The monoisotopic (exact) mass is 273 g/mol. The second-order valence-electron chi connectivity index (χ2n) is 4.88. The molecule has 0 heterocycles. The smallest absolute Gasteiger partial charge is 0.123 e. The van der Waals surface area contributed by atoms with Crippen molar-refractivity contribution in [1.29, 1.82) is 0 Å². The summed E-state index contributed by atoms with van der Waals surface area (Å²) in [4.78, 5) is 2.16. The third-order valence-electron chi connectivity index (χ3n) is 3.31. The van der Waals surface area contributed by atoms with Crippen LogP contribution >= 0.6 is 0 Å². The van der Waals surface area contributed by atoms with Crippen molar-refractivity contribution in [2.45, 2.75) is 26.3 Å². The van der Waals surface area contributed by atoms with Gasteiger partial charge in [-0.15, -0.1) is 0 Å². The predicted octanol–water partition coefficient (Wildman–Crippen LogP) is 4.34. The molecular weight excluding hydrogens is 253 g/mol. The van der Waals surface area contributed by atoms with Crippen LogP contribution in [0.5, 0.6) is 5.75 Å². The maximum Gasteiger partial charge on any atom is 0.123 e. The molecule has 0 unspecified atom stereocenters. The van der Waals surface area contributed by atoms with Crippen molar-refractivity contribution in [3.63, 3.8) is 0 Å². The summed E-state index contributed by atoms with van der Waals surface area (Å²) in [6, 6.07) is 14.1. The van der Waals surface area contributed by atoms with Gasteiger partial charge < -0.3 is 10.0 Å². The number of nitrogens with zero attached hydrogens (tertiary/aromatic N) is 1. The lowest BCUT2D eigenvalue weighted by Crippen LogP contribution is -2.23. The van der Waals surface area contributed by atoms with Gasteiger partial charge in [0.2, 0.25) is 0 Å². The first-order valence-corrected chi connectivity index (χ1v) is 6.98. The zero-order valence-corrected chi connectivity index (χ0v) is 11.7. The molecule has 0 aliphatic rings. The summed E-state index contributed by atoms with van der Waals surface area (Å²) in [6.45, 7) is 3.53. The highest BCUT2D eigenvalue weighted by molar-refractivity contribution is 5.48. The molecule has 0 bridgehead atoms. The lowest BCUT2D eigenvalue weighted by Gasteiger charge is -2.25. The molecule has 0 atom stereocenters. The Bertz CT molecular complexity index is 542. The topological polar surface area (TPSA) is 23.5 Å². The predicted molar refractivity (Wildman–Crippen MR) is 80.5 cm³/mol. The summed E-state index contributed by atoms with van der Waals surface area (Å²) in [7, 11) is 0. The molecule has 2 aromatic rings. The standard InChI is InChI=1S/C17H20FNO/c1-2-3-11-19(16-7-5-4-6-8-16)13-14-12-15(18)9-10-17(14)20/h4-10,12,20H,2-3,11,13H2,1H3. The van der Waals surface area contributed by atoms with Crippen LogP contribution in [0, 0.1) is 5.82 Å². The van der Waals surface area contributed by atoms with E-state index in [1.807, 2.05) is 30.3 Å². The lowest BCUT2D eigenvalue weighted by molar-refractivity contribution is 0.464. The van der Waals surface area contributed by atoms with Gasteiger partial charge in [-0.25, -0.2) is 4.39 Å². The molecule has 1 N–H and O–H groups in total. The molecule has 0 aromatic heterocycles. The molecule has 0 saturated carbocycles. The van der Waals surface area contributed by atoms with Crippen molar-refractivity contribution in [2.24, 2.45) is 0 Å². The summed E-state index contributed by atoms with van der Waals surface area (Å²) < 4.78 is 13.3. The largest absolute Gasteiger partial charge is 0.508 e. The first-order chi connectivity index (χ1) is 9.70. The number of rotatable bonds is 6. The molecule has 2 nitrogen and oxygen atoms in total. The molecule has 0 aliphatic carbocycles. The highest BCUT2D eigenvalue weighted by Crippen LogP contribution is 2.23. The summed E-state index contributed by atoms with van der Waals surface area (Å²) in [5.74, 6) is -0.176. The van der Waals surface area contributed by atoms with Crippen molar-refractivity contribution in [1.82, 2.24) is 0 Å². The van der Waals surface area contributed by atoms with Crippen LogP contribution in [0.25, 0.3) is 0 Å². The summed E-state index contributed by atoms with van der Waals surface area (Å²) >= 11 is 0. The summed E-state index contributed by atoms with van der Waals surface area (Å²) in [5, 5.41) is 9.86. The van der Waals surface area contributed by atoms with E-state index in [2.05, 4.69) is 11.8 Å². The van der Waals surface area contributed by atoms with Crippen molar-refractivity contribution >= 4 is 5.69 Å². The van der Waals surface area contributed by atoms with Crippen molar-refractivity contribution < 1.29 is 9.50 Å². The van der Waals surface area contributed by atoms with Crippen LogP contribution in [-0.2, 0) is 6.54 Å². The van der Waals surface area contributed by atoms with E-state index in [4.69, 9.17) is 0 Å². The fourth-order valence-electron chi connectivity index (χ4n) is 2.17. The Kier molecular flexibility index (Phi) is 4.99. The number of anilines is 1. The normalized spacial score (nSPS) is 10.5. The number of phenolic OH excluding ortho intramolecular Hbond substituents is 1. The summed E-state index contributed by atoms with van der Waals surface area (Å²) in [6.07, 6.45) is 2.16. The minimum absolute atomic E-state index is 0.142. The van der Waals surface area contributed by atoms with Crippen LogP contribution in [0.4, 0.5) is 10.1 Å². The molecule has 20 heavy (non-hydrogen) atoms. The number of unbranched alkanes of at least 4 members (excludes halogenated alkanes) is 1. The number of para-hydroxylation sites is 1. The Morgan fingerprint density at radius 2 is 1.85 bits per heavy atom. The SMILES string of the molecule is CCCCN(Cc1cc(F)ccc1O)c1ccccc1. The van der Waals surface area contributed by atoms with Gasteiger partial charge in [0.1, 0.15) is 11.6 Å². The molecule has 3 heteroatoms. The lowest BCUT2D eigenvalue weighted by atomic mass is 10.1. The molecule has 2 rings (SSSR count). The third-order valence-corrected chi connectivity index (χ3v) is 3.31. The van der Waals surface area contributed by atoms with Crippen LogP contribution in [0.1, 0.15) is 25.3 Å². The van der Waals surface area contributed by atoms with E-state index in [0.29, 0.717) is 12.1 Å². The number of phenols is 1. The van der Waals surface area contributed by atoms with Gasteiger partial charge in [0, 0.05) is 24.3 Å². The maximum atomic E-state index is 13.3. The second kappa shape index (κ2) is 6.94. The molecular formula is C17H20FNO. The second-order valence-corrected chi connectivity index (χ2v) is 4.88. The van der Waals surface area contributed by atoms with E-state index in [1.54, 1.807) is 0 Å². The molecule has 2 aromatic carbocycles. The van der Waals surface area contributed by atoms with Gasteiger partial charge in [-0.3, -0.25) is 0 Å². The maximum absolute atomic E-state index is 13.3. The Balaban J connectivity index is 2.21. The number of halogens is 1. The Morgan fingerprint density at radius 1 is 1.10 bits per heavy atom. The number of hydrogen-bond donors (Lipinski definition) is 1. The number of aromatic hydroxyl groups is 1. The Hall–Kier alpha value is -2.03. The van der Waals surface area contributed by atoms with E-state index < -0.39 is 0 Å². The highest BCUT2D eigenvalue weighted by Gasteiger charge is 2.10. The van der Waals surface area contributed by atoms with Gasteiger partial charge in [0.25, 0.3) is 0 Å². The van der Waals surface area contributed by atoms with E-state index in [1.165, 1.54) is 18.2 Å². The van der Waals surface area contributed by atoms with Crippen LogP contribution in [0.2, 0.25) is 0 Å². The van der Waals surface area contributed by atoms with E-state index >= 15 is 0 Å². The zero-order chi connectivity index (χ0) is 14.4. The Morgan fingerprint density at radius 3 is 2.55 bits per heavy atom. The number of hydrogen-bond acceptors (Lipinski definition) is 2. The minimum atomic E-state index is -0.318. The van der Waals surface area contributed by atoms with Gasteiger partial charge in [-0.1, -0.05) is 31.5 Å². The van der Waals surface area contributed by atoms with Crippen molar-refractivity contribution in [2.75, 3.05) is 11.4 Å². The van der Waals surface area contributed by atoms with Crippen molar-refractivity contribution in [3.05, 3.63) is 59.9 Å². The molecule has 0 spiro atoms. The van der Waals surface area contributed by atoms with Crippen LogP contribution < -0.4 is 4.90 Å². The van der Waals surface area contributed by atoms with E-state index in [9.17, 15) is 9.50 Å². The quantitative estimate of drug-likeness (QED) is 0.846. The van der Waals surface area contributed by atoms with Crippen LogP contribution in [0.15, 0.2) is 48.5 Å². The first kappa shape index (κ1) is 14.4. The van der Waals surface area contributed by atoms with Crippen LogP contribution in [-0.4, -0.2) is 11.7 Å². The molecule has 0 fully saturated rings. The highest BCUT2D eigenvalue weighted by atomic mass is 19.1. The number of benzene rings is 2. The van der Waals surface area contributed by atoms with Gasteiger partial charge in [0.05, 0.1) is 0 Å². The average Bonchev–Trinajstić information content (AvgIpc) is 2.48. The zero-order valence-electron chi connectivity index (χ0n) is 11.7. The van der Waals surface area contributed by atoms with Crippen molar-refractivity contribution in [3.8, 4) is 5.75 Å². The average molecular weight is 273 g/mol. The summed E-state index contributed by atoms with van der Waals surface area (Å²) in [5.41, 5.74) is 1.70. The fraction of sp³-hybridized carbons (Fsp3) is 0.294. The van der Waals surface area contributed by atoms with E-state index in [0.717, 1.165) is 25.1 Å². The Labute approximate surface area is 119 Å². The minimum Gasteiger partial charge on any atom is -0.508 e. The van der Waals surface area contributed by atoms with Gasteiger partial charge in [-0.2, -0.15) is 0 Å². The molecule has 0 amide bonds.